The van der Waals surface area contributed by atoms with E-state index in [1.807, 2.05) is 41.1 Å². The lowest BCUT2D eigenvalue weighted by Gasteiger charge is -2.27. The quantitative estimate of drug-likeness (QED) is 0.399. The lowest BCUT2D eigenvalue weighted by atomic mass is 10.0. The van der Waals surface area contributed by atoms with Gasteiger partial charge in [-0.3, -0.25) is 14.2 Å². The highest BCUT2D eigenvalue weighted by atomic mass is 35.5. The number of carbonyl (C=O) groups is 1. The first-order chi connectivity index (χ1) is 15.6. The molecule has 5 aromatic rings. The summed E-state index contributed by atoms with van der Waals surface area (Å²) in [6.07, 6.45) is 2.23. The number of amides is 1. The summed E-state index contributed by atoms with van der Waals surface area (Å²) in [5.41, 5.74) is 3.98. The summed E-state index contributed by atoms with van der Waals surface area (Å²) in [5, 5.41) is 6.25. The van der Waals surface area contributed by atoms with Gasteiger partial charge in [0.25, 0.3) is 5.56 Å². The van der Waals surface area contributed by atoms with Gasteiger partial charge in [-0.05, 0) is 29.6 Å². The summed E-state index contributed by atoms with van der Waals surface area (Å²) in [6.45, 7) is 1.08. The highest BCUT2D eigenvalue weighted by Gasteiger charge is 2.25. The Hall–Kier alpha value is -2.94. The Morgan fingerprint density at radius 2 is 2.16 bits per heavy atom. The van der Waals surface area contributed by atoms with Crippen molar-refractivity contribution in [3.63, 3.8) is 0 Å². The van der Waals surface area contributed by atoms with Crippen molar-refractivity contribution >= 4 is 61.3 Å². The van der Waals surface area contributed by atoms with Gasteiger partial charge in [0, 0.05) is 62.5 Å². The third-order valence-electron chi connectivity index (χ3n) is 5.94. The summed E-state index contributed by atoms with van der Waals surface area (Å²) in [7, 11) is 0. The van der Waals surface area contributed by atoms with Crippen LogP contribution in [0.1, 0.15) is 11.3 Å². The second-order valence-corrected chi connectivity index (χ2v) is 10.1. The van der Waals surface area contributed by atoms with E-state index in [-0.39, 0.29) is 18.0 Å². The van der Waals surface area contributed by atoms with Gasteiger partial charge in [0.05, 0.1) is 11.7 Å². The predicted octanol–water partition coefficient (Wildman–Crippen LogP) is 4.91. The van der Waals surface area contributed by atoms with Crippen LogP contribution >= 0.6 is 34.3 Å². The van der Waals surface area contributed by atoms with E-state index in [0.29, 0.717) is 28.3 Å². The van der Waals surface area contributed by atoms with E-state index in [2.05, 4.69) is 9.97 Å². The molecule has 1 aliphatic heterocycles. The Labute approximate surface area is 195 Å². The lowest BCUT2D eigenvalue weighted by Crippen LogP contribution is -2.39. The van der Waals surface area contributed by atoms with Crippen molar-refractivity contribution in [3.8, 4) is 10.4 Å². The maximum Gasteiger partial charge on any atom is 0.263 e. The Bertz CT molecular complexity index is 1550. The van der Waals surface area contributed by atoms with Gasteiger partial charge in [0.1, 0.15) is 11.4 Å². The number of hydrogen-bond donors (Lipinski definition) is 1. The van der Waals surface area contributed by atoms with Gasteiger partial charge >= 0.3 is 0 Å². The van der Waals surface area contributed by atoms with E-state index in [4.69, 9.17) is 11.6 Å². The summed E-state index contributed by atoms with van der Waals surface area (Å²) >= 11 is 9.23. The van der Waals surface area contributed by atoms with Crippen molar-refractivity contribution in [3.05, 3.63) is 74.1 Å². The Morgan fingerprint density at radius 3 is 3.00 bits per heavy atom. The first-order valence-corrected chi connectivity index (χ1v) is 12.3. The Balaban J connectivity index is 1.31. The van der Waals surface area contributed by atoms with Crippen LogP contribution in [0.5, 0.6) is 0 Å². The monoisotopic (exact) mass is 480 g/mol. The molecule has 0 atom stereocenters. The first kappa shape index (κ1) is 19.7. The number of aromatic nitrogens is 3. The standard InChI is InChI=1S/C23H17ClN4O2S2/c24-13-3-4-17-14(8-13)15-9-27(6-5-18(15)26-17)20(29)10-28-12-25-22-21(23(28)30)16(11-32-22)19-2-1-7-31-19/h1-4,7-8,11-12,26H,5-6,9-10H2. The number of hydrogen-bond acceptors (Lipinski definition) is 5. The van der Waals surface area contributed by atoms with Gasteiger partial charge in [-0.2, -0.15) is 0 Å². The largest absolute Gasteiger partial charge is 0.358 e. The summed E-state index contributed by atoms with van der Waals surface area (Å²) in [4.78, 5) is 37.8. The number of H-pyrrole nitrogens is 1. The molecule has 0 bridgehead atoms. The van der Waals surface area contributed by atoms with Crippen LogP contribution in [0.4, 0.5) is 0 Å². The van der Waals surface area contributed by atoms with E-state index >= 15 is 0 Å². The maximum absolute atomic E-state index is 13.2. The number of carbonyl (C=O) groups excluding carboxylic acids is 1. The molecule has 5 heterocycles. The first-order valence-electron chi connectivity index (χ1n) is 10.2. The third-order valence-corrected chi connectivity index (χ3v) is 7.97. The fraction of sp³-hybridized carbons (Fsp3) is 0.174. The van der Waals surface area contributed by atoms with Gasteiger partial charge in [-0.25, -0.2) is 4.98 Å². The summed E-state index contributed by atoms with van der Waals surface area (Å²) in [6, 6.07) is 9.72. The molecule has 1 aromatic carbocycles. The number of fused-ring (bicyclic) bond motifs is 4. The molecular weight excluding hydrogens is 464 g/mol. The zero-order chi connectivity index (χ0) is 21.8. The maximum atomic E-state index is 13.2. The smallest absolute Gasteiger partial charge is 0.263 e. The van der Waals surface area contributed by atoms with Crippen LogP contribution < -0.4 is 5.56 Å². The molecule has 6 rings (SSSR count). The van der Waals surface area contributed by atoms with Gasteiger partial charge in [-0.15, -0.1) is 22.7 Å². The minimum Gasteiger partial charge on any atom is -0.358 e. The van der Waals surface area contributed by atoms with Gasteiger partial charge in [0.15, 0.2) is 0 Å². The van der Waals surface area contributed by atoms with Crippen LogP contribution in [0.15, 0.2) is 52.2 Å². The third kappa shape index (κ3) is 3.18. The van der Waals surface area contributed by atoms with Crippen LogP contribution in [0.25, 0.3) is 31.6 Å². The second-order valence-electron chi connectivity index (χ2n) is 7.82. The summed E-state index contributed by atoms with van der Waals surface area (Å²) in [5.74, 6) is -0.0943. The number of rotatable bonds is 3. The molecular formula is C23H17ClN4O2S2. The Kier molecular flexibility index (Phi) is 4.67. The molecule has 160 valence electrons. The number of nitrogens with zero attached hydrogens (tertiary/aromatic N) is 3. The van der Waals surface area contributed by atoms with Crippen molar-refractivity contribution < 1.29 is 4.79 Å². The van der Waals surface area contributed by atoms with Crippen molar-refractivity contribution in [2.45, 2.75) is 19.5 Å². The van der Waals surface area contributed by atoms with Crippen molar-refractivity contribution in [1.82, 2.24) is 19.4 Å². The molecule has 0 spiro atoms. The highest BCUT2D eigenvalue weighted by Crippen LogP contribution is 2.33. The molecule has 32 heavy (non-hydrogen) atoms. The average molecular weight is 481 g/mol. The number of nitrogens with one attached hydrogen (secondary N) is 1. The minimum atomic E-state index is -0.176. The molecule has 9 heteroatoms. The molecule has 4 aromatic heterocycles. The molecule has 1 amide bonds. The van der Waals surface area contributed by atoms with Crippen LogP contribution in [0.2, 0.25) is 5.02 Å². The zero-order valence-corrected chi connectivity index (χ0v) is 19.2. The van der Waals surface area contributed by atoms with Crippen molar-refractivity contribution in [2.75, 3.05) is 6.54 Å². The predicted molar refractivity (Wildman–Crippen MR) is 130 cm³/mol. The molecule has 1 aliphatic rings. The van der Waals surface area contributed by atoms with E-state index < -0.39 is 0 Å². The average Bonchev–Trinajstić information content (AvgIpc) is 3.53. The SMILES string of the molecule is O=C(Cn1cnc2scc(-c3cccs3)c2c1=O)N1CCc2[nH]c3ccc(Cl)cc3c2C1. The fourth-order valence-electron chi connectivity index (χ4n) is 4.34. The molecule has 0 radical (unpaired) electrons. The van der Waals surface area contributed by atoms with Crippen LogP contribution in [0, 0.1) is 0 Å². The van der Waals surface area contributed by atoms with Gasteiger partial charge in [-0.1, -0.05) is 17.7 Å². The number of benzene rings is 1. The molecule has 0 unspecified atom stereocenters. The molecule has 0 saturated carbocycles. The molecule has 0 fully saturated rings. The molecule has 0 saturated heterocycles. The van der Waals surface area contributed by atoms with E-state index in [9.17, 15) is 9.59 Å². The minimum absolute atomic E-state index is 0.0278. The Morgan fingerprint density at radius 1 is 1.25 bits per heavy atom. The van der Waals surface area contributed by atoms with Crippen LogP contribution in [0.3, 0.4) is 0 Å². The van der Waals surface area contributed by atoms with Crippen molar-refractivity contribution in [1.29, 1.82) is 0 Å². The second kappa shape index (κ2) is 7.58. The van der Waals surface area contributed by atoms with Gasteiger partial charge in [0.2, 0.25) is 5.91 Å². The lowest BCUT2D eigenvalue weighted by molar-refractivity contribution is -0.132. The molecule has 6 nitrogen and oxygen atoms in total. The highest BCUT2D eigenvalue weighted by molar-refractivity contribution is 7.18. The van der Waals surface area contributed by atoms with E-state index in [1.54, 1.807) is 16.2 Å². The van der Waals surface area contributed by atoms with Crippen LogP contribution in [-0.4, -0.2) is 31.9 Å². The molecule has 1 N–H and O–H groups in total. The number of halogens is 1. The normalized spacial score (nSPS) is 13.7. The molecule has 0 aliphatic carbocycles. The van der Waals surface area contributed by atoms with Crippen LogP contribution in [-0.2, 0) is 24.3 Å². The fourth-order valence-corrected chi connectivity index (χ4v) is 6.23. The summed E-state index contributed by atoms with van der Waals surface area (Å²) < 4.78 is 1.43. The zero-order valence-electron chi connectivity index (χ0n) is 16.8. The van der Waals surface area contributed by atoms with Crippen molar-refractivity contribution in [2.24, 2.45) is 0 Å². The number of thiophene rings is 2. The van der Waals surface area contributed by atoms with Gasteiger partial charge < -0.3 is 9.88 Å². The number of aromatic amines is 1. The van der Waals surface area contributed by atoms with E-state index in [1.165, 1.54) is 22.2 Å². The van der Waals surface area contributed by atoms with E-state index in [0.717, 1.165) is 39.0 Å². The topological polar surface area (TPSA) is 71.0 Å².